The summed E-state index contributed by atoms with van der Waals surface area (Å²) in [5, 5.41) is 9.71. The molecule has 0 unspecified atom stereocenters. The molecule has 4 heteroatoms. The van der Waals surface area contributed by atoms with Gasteiger partial charge in [0.15, 0.2) is 0 Å². The summed E-state index contributed by atoms with van der Waals surface area (Å²) in [6.45, 7) is 0. The lowest BCUT2D eigenvalue weighted by Crippen LogP contribution is -2.10. The fourth-order valence-electron chi connectivity index (χ4n) is 9.75. The molecule has 0 aliphatic rings. The van der Waals surface area contributed by atoms with E-state index in [1.54, 1.807) is 0 Å². The van der Waals surface area contributed by atoms with Crippen LogP contribution in [0.1, 0.15) is 0 Å². The average molecular weight is 809 g/mol. The van der Waals surface area contributed by atoms with E-state index >= 15 is 0 Å². The zero-order valence-corrected chi connectivity index (χ0v) is 34.3. The van der Waals surface area contributed by atoms with Gasteiger partial charge in [-0.15, -0.1) is 11.3 Å². The second-order valence-electron chi connectivity index (χ2n) is 16.0. The Morgan fingerprint density at radius 1 is 0.419 bits per heavy atom. The van der Waals surface area contributed by atoms with E-state index in [0.717, 1.165) is 50.3 Å². The summed E-state index contributed by atoms with van der Waals surface area (Å²) >= 11 is 1.87. The molecule has 0 amide bonds. The number of thiophene rings is 1. The summed E-state index contributed by atoms with van der Waals surface area (Å²) in [5.74, 6) is 0. The minimum Gasteiger partial charge on any atom is -0.456 e. The minimum atomic E-state index is 0.870. The molecule has 0 saturated heterocycles. The Balaban J connectivity index is 0.988. The normalized spacial score (nSPS) is 11.9. The van der Waals surface area contributed by atoms with Crippen molar-refractivity contribution in [2.45, 2.75) is 0 Å². The molecule has 290 valence electrons. The lowest BCUT2D eigenvalue weighted by atomic mass is 10.0. The number of hydrogen-bond donors (Lipinski definition) is 0. The van der Waals surface area contributed by atoms with E-state index in [-0.39, 0.29) is 0 Å². The van der Waals surface area contributed by atoms with Crippen LogP contribution in [0, 0.1) is 0 Å². The molecule has 3 nitrogen and oxygen atoms in total. The highest BCUT2D eigenvalue weighted by Gasteiger charge is 2.22. The SMILES string of the molecule is c1ccc(-c2cccc3c2sc2ccc(N(c4ccc(-c5ccc6c7ccc8ccccc8c7n(-c7ccccc7)c6c5)cc4)c4cccc5oc6ccccc6c45)cc23)cc1. The molecule has 0 aliphatic carbocycles. The van der Waals surface area contributed by atoms with Crippen LogP contribution in [0.15, 0.2) is 223 Å². The van der Waals surface area contributed by atoms with Crippen LogP contribution in [0.25, 0.3) is 103 Å². The van der Waals surface area contributed by atoms with Gasteiger partial charge in [0.2, 0.25) is 0 Å². The van der Waals surface area contributed by atoms with Gasteiger partial charge in [-0.2, -0.15) is 0 Å². The van der Waals surface area contributed by atoms with Crippen molar-refractivity contribution in [2.75, 3.05) is 4.90 Å². The van der Waals surface area contributed by atoms with Gasteiger partial charge in [-0.25, -0.2) is 0 Å². The second-order valence-corrected chi connectivity index (χ2v) is 17.1. The molecule has 0 spiro atoms. The summed E-state index contributed by atoms with van der Waals surface area (Å²) < 4.78 is 11.5. The average Bonchev–Trinajstić information content (AvgIpc) is 4.02. The van der Waals surface area contributed by atoms with Crippen LogP contribution < -0.4 is 4.90 Å². The zero-order valence-electron chi connectivity index (χ0n) is 33.5. The molecule has 3 heterocycles. The van der Waals surface area contributed by atoms with E-state index in [9.17, 15) is 0 Å². The number of fused-ring (bicyclic) bond motifs is 11. The highest BCUT2D eigenvalue weighted by atomic mass is 32.1. The number of hydrogen-bond acceptors (Lipinski definition) is 3. The molecule has 10 aromatic carbocycles. The van der Waals surface area contributed by atoms with E-state index < -0.39 is 0 Å². The van der Waals surface area contributed by atoms with Crippen LogP contribution in [0.4, 0.5) is 17.1 Å². The summed E-state index contributed by atoms with van der Waals surface area (Å²) in [6.07, 6.45) is 0. The first-order valence-corrected chi connectivity index (χ1v) is 21.9. The molecule has 62 heavy (non-hydrogen) atoms. The highest BCUT2D eigenvalue weighted by molar-refractivity contribution is 7.26. The maximum absolute atomic E-state index is 6.46. The van der Waals surface area contributed by atoms with Crippen molar-refractivity contribution in [3.63, 3.8) is 0 Å². The van der Waals surface area contributed by atoms with Crippen molar-refractivity contribution in [3.05, 3.63) is 218 Å². The highest BCUT2D eigenvalue weighted by Crippen LogP contribution is 2.47. The summed E-state index contributed by atoms with van der Waals surface area (Å²) in [7, 11) is 0. The predicted molar refractivity (Wildman–Crippen MR) is 264 cm³/mol. The third-order valence-electron chi connectivity index (χ3n) is 12.6. The van der Waals surface area contributed by atoms with Crippen LogP contribution in [0.5, 0.6) is 0 Å². The van der Waals surface area contributed by atoms with Gasteiger partial charge < -0.3 is 13.9 Å². The third-order valence-corrected chi connectivity index (χ3v) is 13.8. The van der Waals surface area contributed by atoms with Crippen molar-refractivity contribution < 1.29 is 4.42 Å². The topological polar surface area (TPSA) is 21.3 Å². The van der Waals surface area contributed by atoms with Gasteiger partial charge in [0, 0.05) is 58.8 Å². The summed E-state index contributed by atoms with van der Waals surface area (Å²) in [5.41, 5.74) is 13.4. The van der Waals surface area contributed by atoms with Gasteiger partial charge in [-0.3, -0.25) is 0 Å². The fourth-order valence-corrected chi connectivity index (χ4v) is 11.0. The fraction of sp³-hybridized carbons (Fsp3) is 0. The van der Waals surface area contributed by atoms with Gasteiger partial charge in [-0.05, 0) is 94.4 Å². The van der Waals surface area contributed by atoms with Crippen LogP contribution in [-0.4, -0.2) is 4.57 Å². The Labute approximate surface area is 361 Å². The maximum atomic E-state index is 6.46. The lowest BCUT2D eigenvalue weighted by Gasteiger charge is -2.26. The number of benzene rings is 10. The van der Waals surface area contributed by atoms with Gasteiger partial charge >= 0.3 is 0 Å². The van der Waals surface area contributed by atoms with E-state index in [1.807, 2.05) is 17.4 Å². The first-order chi connectivity index (χ1) is 30.7. The Bertz CT molecular complexity index is 3860. The van der Waals surface area contributed by atoms with Crippen molar-refractivity contribution in [2.24, 2.45) is 0 Å². The Morgan fingerprint density at radius 3 is 1.98 bits per heavy atom. The van der Waals surface area contributed by atoms with Gasteiger partial charge in [-0.1, -0.05) is 152 Å². The molecule has 3 aromatic heterocycles. The number of anilines is 3. The summed E-state index contributed by atoms with van der Waals surface area (Å²) in [4.78, 5) is 2.40. The van der Waals surface area contributed by atoms with Crippen LogP contribution >= 0.6 is 11.3 Å². The number of furan rings is 1. The number of rotatable bonds is 6. The molecule has 13 rings (SSSR count). The molecular formula is C58H36N2OS. The monoisotopic (exact) mass is 808 g/mol. The first kappa shape index (κ1) is 34.9. The van der Waals surface area contributed by atoms with Crippen molar-refractivity contribution in [3.8, 4) is 27.9 Å². The Morgan fingerprint density at radius 2 is 1.11 bits per heavy atom. The number of para-hydroxylation sites is 2. The molecule has 0 fully saturated rings. The zero-order chi connectivity index (χ0) is 40.7. The molecule has 0 saturated carbocycles. The molecule has 0 radical (unpaired) electrons. The van der Waals surface area contributed by atoms with Crippen LogP contribution in [-0.2, 0) is 0 Å². The predicted octanol–water partition coefficient (Wildman–Crippen LogP) is 17.0. The number of aromatic nitrogens is 1. The minimum absolute atomic E-state index is 0.870. The molecule has 0 N–H and O–H groups in total. The summed E-state index contributed by atoms with van der Waals surface area (Å²) in [6, 6.07) is 79.1. The van der Waals surface area contributed by atoms with E-state index in [2.05, 4.69) is 222 Å². The second kappa shape index (κ2) is 13.8. The maximum Gasteiger partial charge on any atom is 0.137 e. The van der Waals surface area contributed by atoms with Crippen LogP contribution in [0.3, 0.4) is 0 Å². The smallest absolute Gasteiger partial charge is 0.137 e. The number of nitrogens with zero attached hydrogens (tertiary/aromatic N) is 2. The van der Waals surface area contributed by atoms with Gasteiger partial charge in [0.1, 0.15) is 11.2 Å². The Kier molecular flexibility index (Phi) is 7.78. The molecule has 13 aromatic rings. The van der Waals surface area contributed by atoms with E-state index in [1.165, 1.54) is 69.4 Å². The Hall–Kier alpha value is -7.92. The molecule has 0 atom stereocenters. The van der Waals surface area contributed by atoms with Crippen molar-refractivity contribution >= 4 is 103 Å². The standard InChI is InChI=1S/C58H36N2OS/c1-3-13-38(14-4-1)45-20-11-21-48-50-36-43(31-34-55(50)62-58(45)48)59(51-22-12-24-54-56(51)49-19-9-10-23-53(49)61-54)42-29-25-37(26-30-42)40-28-32-46-47-33-27-39-15-7-8-18-44(39)57(47)60(52(46)35-40)41-16-5-2-6-17-41/h1-36H. The molecule has 0 bridgehead atoms. The van der Waals surface area contributed by atoms with Gasteiger partial charge in [0.05, 0.1) is 22.1 Å². The van der Waals surface area contributed by atoms with Crippen molar-refractivity contribution in [1.82, 2.24) is 4.57 Å². The van der Waals surface area contributed by atoms with Crippen LogP contribution in [0.2, 0.25) is 0 Å². The third kappa shape index (κ3) is 5.37. The lowest BCUT2D eigenvalue weighted by molar-refractivity contribution is 0.669. The quantitative estimate of drug-likeness (QED) is 0.167. The van der Waals surface area contributed by atoms with Gasteiger partial charge in [0.25, 0.3) is 0 Å². The largest absolute Gasteiger partial charge is 0.456 e. The molecule has 0 aliphatic heterocycles. The van der Waals surface area contributed by atoms with Crippen molar-refractivity contribution in [1.29, 1.82) is 0 Å². The van der Waals surface area contributed by atoms with E-state index in [0.29, 0.717) is 0 Å². The molecular weight excluding hydrogens is 773 g/mol. The van der Waals surface area contributed by atoms with E-state index in [4.69, 9.17) is 4.42 Å². The first-order valence-electron chi connectivity index (χ1n) is 21.1.